The number of rotatable bonds is 4. The highest BCUT2D eigenvalue weighted by molar-refractivity contribution is 5.48. The minimum absolute atomic E-state index is 0.168. The van der Waals surface area contributed by atoms with Gasteiger partial charge in [-0.15, -0.1) is 5.10 Å². The fourth-order valence-electron chi connectivity index (χ4n) is 3.06. The smallest absolute Gasteiger partial charge is 0.177 e. The maximum Gasteiger partial charge on any atom is 0.177 e. The summed E-state index contributed by atoms with van der Waals surface area (Å²) in [6.45, 7) is 4.39. The van der Waals surface area contributed by atoms with Crippen molar-refractivity contribution >= 4 is 5.69 Å². The molecule has 0 amide bonds. The van der Waals surface area contributed by atoms with Gasteiger partial charge in [0.15, 0.2) is 6.23 Å². The van der Waals surface area contributed by atoms with E-state index in [4.69, 9.17) is 4.74 Å². The zero-order valence-corrected chi connectivity index (χ0v) is 13.7. The third kappa shape index (κ3) is 2.90. The van der Waals surface area contributed by atoms with Crippen molar-refractivity contribution in [2.75, 3.05) is 18.1 Å². The first kappa shape index (κ1) is 14.9. The molecule has 1 aromatic heterocycles. The third-order valence-corrected chi connectivity index (χ3v) is 4.38. The van der Waals surface area contributed by atoms with Crippen LogP contribution in [0.1, 0.15) is 23.0 Å². The number of para-hydroxylation sites is 1. The van der Waals surface area contributed by atoms with E-state index in [9.17, 15) is 0 Å². The summed E-state index contributed by atoms with van der Waals surface area (Å²) in [6.07, 6.45) is 1.82. The molecule has 2 heterocycles. The van der Waals surface area contributed by atoms with Crippen LogP contribution in [-0.4, -0.2) is 28.1 Å². The van der Waals surface area contributed by atoms with Crippen molar-refractivity contribution in [1.29, 1.82) is 0 Å². The van der Waals surface area contributed by atoms with Crippen LogP contribution in [0.25, 0.3) is 0 Å². The monoisotopic (exact) mass is 320 g/mol. The lowest BCUT2D eigenvalue weighted by atomic mass is 10.1. The molecule has 0 spiro atoms. The van der Waals surface area contributed by atoms with E-state index in [0.717, 1.165) is 24.5 Å². The first-order chi connectivity index (χ1) is 11.8. The molecule has 24 heavy (non-hydrogen) atoms. The lowest BCUT2D eigenvalue weighted by molar-refractivity contribution is 0.110. The number of hydrogen-bond donors (Lipinski definition) is 0. The molecule has 0 unspecified atom stereocenters. The van der Waals surface area contributed by atoms with Gasteiger partial charge in [-0.2, -0.15) is 0 Å². The molecule has 5 heteroatoms. The Bertz CT molecular complexity index is 815. The predicted molar refractivity (Wildman–Crippen MR) is 92.8 cm³/mol. The summed E-state index contributed by atoms with van der Waals surface area (Å²) in [6, 6.07) is 18.6. The van der Waals surface area contributed by atoms with E-state index in [1.807, 2.05) is 29.1 Å². The van der Waals surface area contributed by atoms with Crippen LogP contribution in [0, 0.1) is 6.92 Å². The van der Waals surface area contributed by atoms with Gasteiger partial charge in [-0.3, -0.25) is 0 Å². The van der Waals surface area contributed by atoms with E-state index in [0.29, 0.717) is 6.61 Å². The van der Waals surface area contributed by atoms with Crippen LogP contribution >= 0.6 is 0 Å². The molecular formula is C19H20N4O. The number of aromatic nitrogens is 3. The Balaban J connectivity index is 1.55. The molecule has 122 valence electrons. The van der Waals surface area contributed by atoms with Crippen molar-refractivity contribution < 1.29 is 4.74 Å². The van der Waals surface area contributed by atoms with Crippen molar-refractivity contribution in [3.05, 3.63) is 77.6 Å². The molecule has 0 saturated carbocycles. The predicted octanol–water partition coefficient (Wildman–Crippen LogP) is 3.17. The molecule has 5 nitrogen and oxygen atoms in total. The average Bonchev–Trinajstić information content (AvgIpc) is 3.27. The maximum atomic E-state index is 5.90. The Labute approximate surface area is 141 Å². The van der Waals surface area contributed by atoms with Gasteiger partial charge in [0.2, 0.25) is 0 Å². The molecular weight excluding hydrogens is 300 g/mol. The molecule has 1 fully saturated rings. The van der Waals surface area contributed by atoms with Gasteiger partial charge in [0.1, 0.15) is 5.69 Å². The van der Waals surface area contributed by atoms with Crippen LogP contribution in [0.3, 0.4) is 0 Å². The first-order valence-corrected chi connectivity index (χ1v) is 8.19. The number of hydrogen-bond acceptors (Lipinski definition) is 4. The van der Waals surface area contributed by atoms with Gasteiger partial charge in [0.05, 0.1) is 19.3 Å². The van der Waals surface area contributed by atoms with Gasteiger partial charge in [-0.25, -0.2) is 4.68 Å². The van der Waals surface area contributed by atoms with Crippen LogP contribution < -0.4 is 4.90 Å². The van der Waals surface area contributed by atoms with Gasteiger partial charge in [0, 0.05) is 12.2 Å². The fourth-order valence-corrected chi connectivity index (χ4v) is 3.06. The summed E-state index contributed by atoms with van der Waals surface area (Å²) >= 11 is 0. The van der Waals surface area contributed by atoms with Gasteiger partial charge < -0.3 is 9.64 Å². The quantitative estimate of drug-likeness (QED) is 0.740. The van der Waals surface area contributed by atoms with Crippen LogP contribution in [0.2, 0.25) is 0 Å². The first-order valence-electron chi connectivity index (χ1n) is 8.19. The lowest BCUT2D eigenvalue weighted by Crippen LogP contribution is -2.23. The molecule has 1 atom stereocenters. The van der Waals surface area contributed by atoms with Gasteiger partial charge in [-0.05, 0) is 30.2 Å². The third-order valence-electron chi connectivity index (χ3n) is 4.38. The SMILES string of the molecule is Cc1ccccc1Cn1cc([C@H]2OCCN2c2ccccc2)nn1. The van der Waals surface area contributed by atoms with Crippen molar-refractivity contribution in [3.8, 4) is 0 Å². The lowest BCUT2D eigenvalue weighted by Gasteiger charge is -2.23. The highest BCUT2D eigenvalue weighted by Gasteiger charge is 2.29. The fraction of sp³-hybridized carbons (Fsp3) is 0.263. The molecule has 0 N–H and O–H groups in total. The summed E-state index contributed by atoms with van der Waals surface area (Å²) in [5, 5.41) is 8.63. The molecule has 3 aromatic rings. The standard InChI is InChI=1S/C19H20N4O/c1-15-7-5-6-8-16(15)13-22-14-18(20-21-22)19-23(11-12-24-19)17-9-3-2-4-10-17/h2-10,14,19H,11-13H2,1H3/t19-/m1/s1. The van der Waals surface area contributed by atoms with Crippen molar-refractivity contribution in [3.63, 3.8) is 0 Å². The van der Waals surface area contributed by atoms with Gasteiger partial charge in [0.25, 0.3) is 0 Å². The molecule has 2 aromatic carbocycles. The zero-order chi connectivity index (χ0) is 16.4. The molecule has 1 aliphatic heterocycles. The number of aryl methyl sites for hydroxylation is 1. The summed E-state index contributed by atoms with van der Waals surface area (Å²) < 4.78 is 7.78. The van der Waals surface area contributed by atoms with E-state index in [-0.39, 0.29) is 6.23 Å². The van der Waals surface area contributed by atoms with E-state index in [1.54, 1.807) is 0 Å². The number of benzene rings is 2. The van der Waals surface area contributed by atoms with Crippen molar-refractivity contribution in [2.24, 2.45) is 0 Å². The minimum atomic E-state index is -0.168. The highest BCUT2D eigenvalue weighted by Crippen LogP contribution is 2.30. The molecule has 4 rings (SSSR count). The minimum Gasteiger partial charge on any atom is -0.350 e. The molecule has 0 radical (unpaired) electrons. The number of ether oxygens (including phenoxy) is 1. The van der Waals surface area contributed by atoms with Gasteiger partial charge in [-0.1, -0.05) is 47.7 Å². The summed E-state index contributed by atoms with van der Waals surface area (Å²) in [4.78, 5) is 2.22. The Morgan fingerprint density at radius 1 is 1.08 bits per heavy atom. The molecule has 1 aliphatic rings. The van der Waals surface area contributed by atoms with Crippen LogP contribution in [0.4, 0.5) is 5.69 Å². The van der Waals surface area contributed by atoms with Crippen LogP contribution in [0.15, 0.2) is 60.8 Å². The summed E-state index contributed by atoms with van der Waals surface area (Å²) in [5.41, 5.74) is 4.51. The zero-order valence-electron chi connectivity index (χ0n) is 13.7. The van der Waals surface area contributed by atoms with E-state index >= 15 is 0 Å². The van der Waals surface area contributed by atoms with E-state index < -0.39 is 0 Å². The Morgan fingerprint density at radius 2 is 1.88 bits per heavy atom. The Kier molecular flexibility index (Phi) is 4.01. The second-order valence-corrected chi connectivity index (χ2v) is 6.02. The largest absolute Gasteiger partial charge is 0.350 e. The number of anilines is 1. The normalized spacial score (nSPS) is 17.4. The Morgan fingerprint density at radius 3 is 2.71 bits per heavy atom. The highest BCUT2D eigenvalue weighted by atomic mass is 16.5. The second-order valence-electron chi connectivity index (χ2n) is 6.02. The topological polar surface area (TPSA) is 43.2 Å². The molecule has 1 saturated heterocycles. The molecule has 0 bridgehead atoms. The molecule has 0 aliphatic carbocycles. The van der Waals surface area contributed by atoms with E-state index in [2.05, 4.69) is 58.5 Å². The maximum absolute atomic E-state index is 5.90. The van der Waals surface area contributed by atoms with Crippen molar-refractivity contribution in [2.45, 2.75) is 19.7 Å². The van der Waals surface area contributed by atoms with E-state index in [1.165, 1.54) is 11.1 Å². The van der Waals surface area contributed by atoms with Crippen molar-refractivity contribution in [1.82, 2.24) is 15.0 Å². The number of nitrogens with zero attached hydrogens (tertiary/aromatic N) is 4. The van der Waals surface area contributed by atoms with Crippen LogP contribution in [0.5, 0.6) is 0 Å². The second kappa shape index (κ2) is 6.45. The van der Waals surface area contributed by atoms with Gasteiger partial charge >= 0.3 is 0 Å². The summed E-state index contributed by atoms with van der Waals surface area (Å²) in [7, 11) is 0. The Hall–Kier alpha value is -2.66. The average molecular weight is 320 g/mol. The van der Waals surface area contributed by atoms with Crippen LogP contribution in [-0.2, 0) is 11.3 Å². The summed E-state index contributed by atoms with van der Waals surface area (Å²) in [5.74, 6) is 0.